The lowest BCUT2D eigenvalue weighted by atomic mass is 10.2. The lowest BCUT2D eigenvalue weighted by molar-refractivity contribution is 0.697. The van der Waals surface area contributed by atoms with Gasteiger partial charge in [-0.1, -0.05) is 0 Å². The molecule has 2 N–H and O–H groups in total. The quantitative estimate of drug-likeness (QED) is 0.805. The van der Waals surface area contributed by atoms with Crippen molar-refractivity contribution in [2.24, 2.45) is 12.8 Å². The van der Waals surface area contributed by atoms with Crippen molar-refractivity contribution in [3.05, 3.63) is 42.0 Å². The number of rotatable bonds is 4. The third-order valence-electron chi connectivity index (χ3n) is 2.46. The molecule has 0 saturated heterocycles. The number of nitrogens with zero attached hydrogens (tertiary/aromatic N) is 3. The van der Waals surface area contributed by atoms with Gasteiger partial charge in [-0.2, -0.15) is 5.10 Å². The normalized spacial score (nSPS) is 10.8. The second-order valence-corrected chi connectivity index (χ2v) is 3.73. The lowest BCUT2D eigenvalue weighted by Gasteiger charge is -2.00. The van der Waals surface area contributed by atoms with E-state index in [1.54, 1.807) is 0 Å². The van der Waals surface area contributed by atoms with Crippen LogP contribution >= 0.6 is 0 Å². The van der Waals surface area contributed by atoms with Gasteiger partial charge in [0, 0.05) is 38.7 Å². The Kier molecular flexibility index (Phi) is 2.87. The fourth-order valence-corrected chi connectivity index (χ4v) is 1.61. The molecule has 4 nitrogen and oxygen atoms in total. The molecule has 0 aromatic carbocycles. The molecule has 0 radical (unpaired) electrons. The summed E-state index contributed by atoms with van der Waals surface area (Å²) in [6.07, 6.45) is 9.13. The minimum absolute atomic E-state index is 0.611. The van der Waals surface area contributed by atoms with Gasteiger partial charge in [-0.15, -0.1) is 0 Å². The predicted octanol–water partition coefficient (Wildman–Crippen LogP) is 0.923. The fraction of sp³-hybridized carbons (Fsp3) is 0.364. The first-order chi connectivity index (χ1) is 7.28. The van der Waals surface area contributed by atoms with Crippen LogP contribution in [0.15, 0.2) is 30.9 Å². The average molecular weight is 204 g/mol. The summed E-state index contributed by atoms with van der Waals surface area (Å²) in [6, 6.07) is 2.06. The van der Waals surface area contributed by atoms with Crippen LogP contribution in [-0.2, 0) is 26.6 Å². The smallest absolute Gasteiger partial charge is 0.0522 e. The third kappa shape index (κ3) is 2.47. The molecule has 0 unspecified atom stereocenters. The first kappa shape index (κ1) is 9.98. The highest BCUT2D eigenvalue weighted by Gasteiger charge is 1.98. The highest BCUT2D eigenvalue weighted by atomic mass is 15.2. The Balaban J connectivity index is 1.93. The van der Waals surface area contributed by atoms with E-state index in [9.17, 15) is 0 Å². The first-order valence-electron chi connectivity index (χ1n) is 5.10. The van der Waals surface area contributed by atoms with E-state index in [1.165, 1.54) is 11.1 Å². The van der Waals surface area contributed by atoms with Crippen molar-refractivity contribution in [2.75, 3.05) is 0 Å². The van der Waals surface area contributed by atoms with Crippen molar-refractivity contribution >= 4 is 0 Å². The van der Waals surface area contributed by atoms with Gasteiger partial charge in [0.05, 0.1) is 6.20 Å². The molecule has 2 rings (SSSR count). The number of aryl methyl sites for hydroxylation is 3. The summed E-state index contributed by atoms with van der Waals surface area (Å²) < 4.78 is 3.99. The van der Waals surface area contributed by atoms with Gasteiger partial charge in [-0.05, 0) is 23.6 Å². The summed E-state index contributed by atoms with van der Waals surface area (Å²) in [6.45, 7) is 1.59. The van der Waals surface area contributed by atoms with Gasteiger partial charge in [0.2, 0.25) is 0 Å². The summed E-state index contributed by atoms with van der Waals surface area (Å²) in [4.78, 5) is 0. The minimum atomic E-state index is 0.611. The van der Waals surface area contributed by atoms with Crippen molar-refractivity contribution < 1.29 is 0 Å². The zero-order valence-electron chi connectivity index (χ0n) is 8.93. The minimum Gasteiger partial charge on any atom is -0.354 e. The first-order valence-corrected chi connectivity index (χ1v) is 5.10. The van der Waals surface area contributed by atoms with E-state index >= 15 is 0 Å². The fourth-order valence-electron chi connectivity index (χ4n) is 1.61. The Bertz CT molecular complexity index is 427. The van der Waals surface area contributed by atoms with Gasteiger partial charge in [0.25, 0.3) is 0 Å². The van der Waals surface area contributed by atoms with Crippen LogP contribution in [0.4, 0.5) is 0 Å². The standard InChI is InChI=1S/C11H16N4/c1-14-8-11(7-13-14)3-5-15-4-2-10(6-12)9-15/h2,4,7-9H,3,5-6,12H2,1H3. The monoisotopic (exact) mass is 204 g/mol. The molecule has 4 heteroatoms. The molecule has 0 amide bonds. The van der Waals surface area contributed by atoms with E-state index in [-0.39, 0.29) is 0 Å². The molecular weight excluding hydrogens is 188 g/mol. The number of hydrogen-bond donors (Lipinski definition) is 1. The van der Waals surface area contributed by atoms with Crippen molar-refractivity contribution in [1.29, 1.82) is 0 Å². The number of nitrogens with two attached hydrogens (primary N) is 1. The molecule has 2 aromatic heterocycles. The van der Waals surface area contributed by atoms with Gasteiger partial charge in [-0.3, -0.25) is 4.68 Å². The molecular formula is C11H16N4. The van der Waals surface area contributed by atoms with E-state index in [2.05, 4.69) is 28.1 Å². The Labute approximate surface area is 89.3 Å². The van der Waals surface area contributed by atoms with Crippen LogP contribution in [0.5, 0.6) is 0 Å². The highest BCUT2D eigenvalue weighted by Crippen LogP contribution is 2.03. The van der Waals surface area contributed by atoms with Crippen LogP contribution in [0.2, 0.25) is 0 Å². The second kappa shape index (κ2) is 4.31. The summed E-state index contributed by atoms with van der Waals surface area (Å²) in [5, 5.41) is 4.14. The lowest BCUT2D eigenvalue weighted by Crippen LogP contribution is -1.99. The SMILES string of the molecule is Cn1cc(CCn2ccc(CN)c2)cn1. The topological polar surface area (TPSA) is 48.8 Å². The molecule has 0 aliphatic carbocycles. The third-order valence-corrected chi connectivity index (χ3v) is 2.46. The van der Waals surface area contributed by atoms with Crippen LogP contribution in [0, 0.1) is 0 Å². The van der Waals surface area contributed by atoms with E-state index in [1.807, 2.05) is 24.1 Å². The maximum Gasteiger partial charge on any atom is 0.0522 e. The predicted molar refractivity (Wildman–Crippen MR) is 59.2 cm³/mol. The van der Waals surface area contributed by atoms with Crippen molar-refractivity contribution in [2.45, 2.75) is 19.5 Å². The van der Waals surface area contributed by atoms with Crippen LogP contribution in [0.3, 0.4) is 0 Å². The van der Waals surface area contributed by atoms with Gasteiger partial charge < -0.3 is 10.3 Å². The van der Waals surface area contributed by atoms with Crippen molar-refractivity contribution in [1.82, 2.24) is 14.3 Å². The van der Waals surface area contributed by atoms with E-state index < -0.39 is 0 Å². The maximum atomic E-state index is 5.55. The van der Waals surface area contributed by atoms with E-state index in [0.717, 1.165) is 13.0 Å². The van der Waals surface area contributed by atoms with Gasteiger partial charge in [0.15, 0.2) is 0 Å². The molecule has 2 heterocycles. The second-order valence-electron chi connectivity index (χ2n) is 3.73. The molecule has 0 aliphatic heterocycles. The molecule has 15 heavy (non-hydrogen) atoms. The number of aromatic nitrogens is 3. The Morgan fingerprint density at radius 1 is 1.33 bits per heavy atom. The molecule has 2 aromatic rings. The van der Waals surface area contributed by atoms with E-state index in [4.69, 9.17) is 5.73 Å². The Morgan fingerprint density at radius 3 is 2.80 bits per heavy atom. The maximum absolute atomic E-state index is 5.55. The molecule has 0 aliphatic rings. The van der Waals surface area contributed by atoms with E-state index in [0.29, 0.717) is 6.54 Å². The highest BCUT2D eigenvalue weighted by molar-refractivity contribution is 5.10. The van der Waals surface area contributed by atoms with Crippen LogP contribution in [0.25, 0.3) is 0 Å². The molecule has 80 valence electrons. The molecule has 0 fully saturated rings. The molecule has 0 saturated carbocycles. The summed E-state index contributed by atoms with van der Waals surface area (Å²) in [5.74, 6) is 0. The number of hydrogen-bond acceptors (Lipinski definition) is 2. The summed E-state index contributed by atoms with van der Waals surface area (Å²) >= 11 is 0. The van der Waals surface area contributed by atoms with Gasteiger partial charge in [0.1, 0.15) is 0 Å². The Morgan fingerprint density at radius 2 is 2.20 bits per heavy atom. The van der Waals surface area contributed by atoms with Crippen LogP contribution in [-0.4, -0.2) is 14.3 Å². The molecule has 0 atom stereocenters. The molecule has 0 bridgehead atoms. The van der Waals surface area contributed by atoms with Crippen molar-refractivity contribution in [3.8, 4) is 0 Å². The molecule has 0 spiro atoms. The van der Waals surface area contributed by atoms with Crippen LogP contribution < -0.4 is 5.73 Å². The Hall–Kier alpha value is -1.55. The van der Waals surface area contributed by atoms with Gasteiger partial charge in [-0.25, -0.2) is 0 Å². The van der Waals surface area contributed by atoms with Crippen molar-refractivity contribution in [3.63, 3.8) is 0 Å². The van der Waals surface area contributed by atoms with Gasteiger partial charge >= 0.3 is 0 Å². The average Bonchev–Trinajstić information content (AvgIpc) is 2.83. The zero-order valence-corrected chi connectivity index (χ0v) is 8.93. The summed E-state index contributed by atoms with van der Waals surface area (Å²) in [5.41, 5.74) is 7.99. The zero-order chi connectivity index (χ0) is 10.7. The van der Waals surface area contributed by atoms with Crippen LogP contribution in [0.1, 0.15) is 11.1 Å². The summed E-state index contributed by atoms with van der Waals surface area (Å²) in [7, 11) is 1.94. The largest absolute Gasteiger partial charge is 0.354 e.